The predicted octanol–water partition coefficient (Wildman–Crippen LogP) is 3.52. The van der Waals surface area contributed by atoms with Gasteiger partial charge in [-0.3, -0.25) is 4.79 Å². The summed E-state index contributed by atoms with van der Waals surface area (Å²) in [5, 5.41) is 20.5. The van der Waals surface area contributed by atoms with E-state index in [-0.39, 0.29) is 23.9 Å². The van der Waals surface area contributed by atoms with Gasteiger partial charge in [-0.25, -0.2) is 0 Å². The number of aliphatic hydroxyl groups excluding tert-OH is 2. The van der Waals surface area contributed by atoms with Gasteiger partial charge < -0.3 is 14.9 Å². The fourth-order valence-electron chi connectivity index (χ4n) is 3.71. The third kappa shape index (κ3) is 5.75. The van der Waals surface area contributed by atoms with E-state index in [4.69, 9.17) is 4.74 Å². The highest BCUT2D eigenvalue weighted by Crippen LogP contribution is 2.36. The summed E-state index contributed by atoms with van der Waals surface area (Å²) in [5.74, 6) is -0.173. The van der Waals surface area contributed by atoms with E-state index >= 15 is 0 Å². The molecule has 2 aliphatic rings. The smallest absolute Gasteiger partial charge is 0.306 e. The molecule has 0 spiro atoms. The van der Waals surface area contributed by atoms with Crippen molar-refractivity contribution in [2.75, 3.05) is 0 Å². The second kappa shape index (κ2) is 10.00. The van der Waals surface area contributed by atoms with Gasteiger partial charge in [-0.15, -0.1) is 0 Å². The lowest BCUT2D eigenvalue weighted by Crippen LogP contribution is -2.23. The van der Waals surface area contributed by atoms with Gasteiger partial charge in [0.05, 0.1) is 12.2 Å². The normalized spacial score (nSPS) is 34.3. The summed E-state index contributed by atoms with van der Waals surface area (Å²) in [4.78, 5) is 11.3. The lowest BCUT2D eigenvalue weighted by molar-refractivity contribution is -0.150. The maximum Gasteiger partial charge on any atom is 0.306 e. The highest BCUT2D eigenvalue weighted by Gasteiger charge is 2.39. The molecule has 1 saturated carbocycles. The molecule has 4 heteroatoms. The van der Waals surface area contributed by atoms with Gasteiger partial charge in [-0.1, -0.05) is 38.0 Å². The molecule has 0 bridgehead atoms. The summed E-state index contributed by atoms with van der Waals surface area (Å²) in [7, 11) is 0. The van der Waals surface area contributed by atoms with Gasteiger partial charge in [0.25, 0.3) is 0 Å². The van der Waals surface area contributed by atoms with E-state index in [2.05, 4.69) is 19.1 Å². The van der Waals surface area contributed by atoms with Crippen LogP contribution in [0.25, 0.3) is 0 Å². The van der Waals surface area contributed by atoms with Crippen LogP contribution in [0.15, 0.2) is 24.3 Å². The van der Waals surface area contributed by atoms with Gasteiger partial charge in [-0.2, -0.15) is 0 Å². The summed E-state index contributed by atoms with van der Waals surface area (Å²) >= 11 is 0. The van der Waals surface area contributed by atoms with Crippen molar-refractivity contribution in [1.29, 1.82) is 0 Å². The molecule has 2 rings (SSSR count). The number of allylic oxidation sites excluding steroid dienone is 2. The number of hydrogen-bond acceptors (Lipinski definition) is 4. The fourth-order valence-corrected chi connectivity index (χ4v) is 3.71. The molecule has 2 fully saturated rings. The van der Waals surface area contributed by atoms with Crippen molar-refractivity contribution in [3.63, 3.8) is 0 Å². The van der Waals surface area contributed by atoms with Gasteiger partial charge in [0.1, 0.15) is 6.10 Å². The van der Waals surface area contributed by atoms with Crippen LogP contribution in [0.5, 0.6) is 0 Å². The minimum atomic E-state index is -0.519. The predicted molar refractivity (Wildman–Crippen MR) is 94.4 cm³/mol. The number of hydrogen-bond donors (Lipinski definition) is 2. The molecule has 1 aliphatic heterocycles. The number of carbonyl (C=O) groups excluding carboxylic acids is 1. The van der Waals surface area contributed by atoms with Crippen molar-refractivity contribution >= 4 is 5.97 Å². The maximum atomic E-state index is 11.3. The molecule has 24 heavy (non-hydrogen) atoms. The van der Waals surface area contributed by atoms with Gasteiger partial charge in [0.2, 0.25) is 0 Å². The van der Waals surface area contributed by atoms with E-state index in [1.54, 1.807) is 0 Å². The summed E-state index contributed by atoms with van der Waals surface area (Å²) in [5.41, 5.74) is 0. The molecule has 1 unspecified atom stereocenters. The number of carbonyl (C=O) groups is 1. The number of rotatable bonds is 8. The van der Waals surface area contributed by atoms with E-state index in [9.17, 15) is 15.0 Å². The Labute approximate surface area is 145 Å². The molecule has 0 radical (unpaired) electrons. The molecular formula is C20H32O4. The first-order valence-electron chi connectivity index (χ1n) is 9.50. The SMILES string of the molecule is CCCCC/C=C\C[C@H]1[C@@H](/C=C/C2CCCC(=O)O2)[C@@H](O)C[C@H]1O. The molecule has 1 heterocycles. The summed E-state index contributed by atoms with van der Waals surface area (Å²) < 4.78 is 5.30. The zero-order chi connectivity index (χ0) is 17.4. The number of ether oxygens (including phenoxy) is 1. The standard InChI is InChI=1S/C20H32O4/c1-2-3-4-5-6-7-10-16-17(19(22)14-18(16)21)13-12-15-9-8-11-20(23)24-15/h6-7,12-13,15-19,21-22H,2-5,8-11,14H2,1H3/b7-6-,13-12+/t15?,16-,17+,18+,19-/m0/s1. The monoisotopic (exact) mass is 336 g/mol. The second-order valence-electron chi connectivity index (χ2n) is 7.12. The average molecular weight is 336 g/mol. The lowest BCUT2D eigenvalue weighted by Gasteiger charge is -2.22. The maximum absolute atomic E-state index is 11.3. The summed E-state index contributed by atoms with van der Waals surface area (Å²) in [6.45, 7) is 2.19. The Hall–Kier alpha value is -1.13. The van der Waals surface area contributed by atoms with Gasteiger partial charge in [-0.05, 0) is 44.1 Å². The molecule has 5 atom stereocenters. The third-order valence-corrected chi connectivity index (χ3v) is 5.17. The van der Waals surface area contributed by atoms with Crippen molar-refractivity contribution in [2.45, 2.75) is 83.0 Å². The van der Waals surface area contributed by atoms with Crippen LogP contribution in [0, 0.1) is 11.8 Å². The highest BCUT2D eigenvalue weighted by atomic mass is 16.5. The van der Waals surface area contributed by atoms with Crippen LogP contribution in [0.4, 0.5) is 0 Å². The van der Waals surface area contributed by atoms with Crippen molar-refractivity contribution < 1.29 is 19.7 Å². The summed E-state index contributed by atoms with van der Waals surface area (Å²) in [6, 6.07) is 0. The second-order valence-corrected chi connectivity index (χ2v) is 7.12. The first kappa shape index (κ1) is 19.2. The molecule has 1 saturated heterocycles. The zero-order valence-corrected chi connectivity index (χ0v) is 14.8. The van der Waals surface area contributed by atoms with E-state index in [1.807, 2.05) is 12.2 Å². The molecule has 4 nitrogen and oxygen atoms in total. The van der Waals surface area contributed by atoms with Crippen LogP contribution in [-0.2, 0) is 9.53 Å². The van der Waals surface area contributed by atoms with Gasteiger partial charge in [0.15, 0.2) is 0 Å². The Balaban J connectivity index is 1.86. The first-order valence-corrected chi connectivity index (χ1v) is 9.50. The largest absolute Gasteiger partial charge is 0.458 e. The van der Waals surface area contributed by atoms with Crippen LogP contribution in [0.2, 0.25) is 0 Å². The van der Waals surface area contributed by atoms with Crippen LogP contribution in [0.3, 0.4) is 0 Å². The molecular weight excluding hydrogens is 304 g/mol. The first-order chi connectivity index (χ1) is 11.6. The van der Waals surface area contributed by atoms with E-state index < -0.39 is 12.2 Å². The lowest BCUT2D eigenvalue weighted by atomic mass is 9.89. The van der Waals surface area contributed by atoms with Crippen LogP contribution < -0.4 is 0 Å². The molecule has 2 N–H and O–H groups in total. The highest BCUT2D eigenvalue weighted by molar-refractivity contribution is 5.70. The zero-order valence-electron chi connectivity index (χ0n) is 14.8. The van der Waals surface area contributed by atoms with Crippen molar-refractivity contribution in [3.05, 3.63) is 24.3 Å². The topological polar surface area (TPSA) is 66.8 Å². The molecule has 0 amide bonds. The quantitative estimate of drug-likeness (QED) is 0.404. The fraction of sp³-hybridized carbons (Fsp3) is 0.750. The van der Waals surface area contributed by atoms with E-state index in [1.165, 1.54) is 19.3 Å². The number of cyclic esters (lactones) is 1. The third-order valence-electron chi connectivity index (χ3n) is 5.17. The Morgan fingerprint density at radius 3 is 2.75 bits per heavy atom. The Bertz CT molecular complexity index is 443. The Morgan fingerprint density at radius 1 is 1.17 bits per heavy atom. The van der Waals surface area contributed by atoms with E-state index in [0.29, 0.717) is 12.8 Å². The number of aliphatic hydroxyl groups is 2. The minimum absolute atomic E-state index is 0.0398. The van der Waals surface area contributed by atoms with Gasteiger partial charge >= 0.3 is 5.97 Å². The minimum Gasteiger partial charge on any atom is -0.458 e. The number of unbranched alkanes of at least 4 members (excludes halogenated alkanes) is 3. The Morgan fingerprint density at radius 2 is 2.00 bits per heavy atom. The van der Waals surface area contributed by atoms with Crippen LogP contribution in [0.1, 0.15) is 64.7 Å². The van der Waals surface area contributed by atoms with Crippen molar-refractivity contribution in [2.24, 2.45) is 11.8 Å². The molecule has 136 valence electrons. The van der Waals surface area contributed by atoms with Crippen molar-refractivity contribution in [1.82, 2.24) is 0 Å². The molecule has 0 aromatic heterocycles. The van der Waals surface area contributed by atoms with Gasteiger partial charge in [0, 0.05) is 18.8 Å². The molecule has 0 aromatic rings. The van der Waals surface area contributed by atoms with Crippen molar-refractivity contribution in [3.8, 4) is 0 Å². The number of esters is 1. The van der Waals surface area contributed by atoms with Crippen LogP contribution in [-0.4, -0.2) is 34.5 Å². The molecule has 1 aliphatic carbocycles. The Kier molecular flexibility index (Phi) is 8.00. The molecule has 0 aromatic carbocycles. The average Bonchev–Trinajstić information content (AvgIpc) is 2.82. The van der Waals surface area contributed by atoms with Crippen LogP contribution >= 0.6 is 0 Å². The summed E-state index contributed by atoms with van der Waals surface area (Å²) in [6.07, 6.45) is 15.2. The van der Waals surface area contributed by atoms with E-state index in [0.717, 1.165) is 25.7 Å².